The van der Waals surface area contributed by atoms with Gasteiger partial charge >= 0.3 is 13.2 Å². The fourth-order valence-corrected chi connectivity index (χ4v) is 3.20. The van der Waals surface area contributed by atoms with Gasteiger partial charge in [0.2, 0.25) is 0 Å². The van der Waals surface area contributed by atoms with Crippen molar-refractivity contribution in [2.75, 3.05) is 5.32 Å². The van der Waals surface area contributed by atoms with E-state index < -0.39 is 19.1 Å². The molecule has 0 saturated heterocycles. The van der Waals surface area contributed by atoms with E-state index in [0.717, 1.165) is 4.57 Å². The molecule has 0 fully saturated rings. The number of ether oxygens (including phenoxy) is 1. The summed E-state index contributed by atoms with van der Waals surface area (Å²) in [5.41, 5.74) is 1.45. The maximum Gasteiger partial charge on any atom is 0.387 e. The topological polar surface area (TPSA) is 56.2 Å². The summed E-state index contributed by atoms with van der Waals surface area (Å²) in [5, 5.41) is 2.58. The number of halogens is 4. The molecule has 0 atom stereocenters. The van der Waals surface area contributed by atoms with Crippen LogP contribution in [0.1, 0.15) is 16.9 Å². The van der Waals surface area contributed by atoms with Crippen LogP contribution in [0.25, 0.3) is 22.4 Å². The fourth-order valence-electron chi connectivity index (χ4n) is 3.20. The molecule has 0 spiro atoms. The molecule has 1 aromatic heterocycles. The van der Waals surface area contributed by atoms with E-state index in [1.807, 2.05) is 0 Å². The van der Waals surface area contributed by atoms with E-state index in [1.165, 1.54) is 48.5 Å². The minimum atomic E-state index is -3.07. The van der Waals surface area contributed by atoms with Gasteiger partial charge in [-0.3, -0.25) is 9.36 Å². The van der Waals surface area contributed by atoms with E-state index in [9.17, 15) is 22.4 Å². The van der Waals surface area contributed by atoms with Gasteiger partial charge in [-0.2, -0.15) is 17.6 Å². The van der Waals surface area contributed by atoms with Crippen molar-refractivity contribution in [3.8, 4) is 17.1 Å². The number of benzene rings is 3. The largest absolute Gasteiger partial charge is 0.434 e. The van der Waals surface area contributed by atoms with Crippen molar-refractivity contribution in [2.24, 2.45) is 0 Å². The molecule has 0 bridgehead atoms. The molecule has 5 nitrogen and oxygen atoms in total. The highest BCUT2D eigenvalue weighted by Crippen LogP contribution is 2.30. The molecular weight excluding hydrogens is 414 g/mol. The zero-order valence-electron chi connectivity index (χ0n) is 15.8. The lowest BCUT2D eigenvalue weighted by atomic mass is 10.1. The second kappa shape index (κ2) is 8.47. The third-order valence-electron chi connectivity index (χ3n) is 4.54. The number of imidazole rings is 1. The third-order valence-corrected chi connectivity index (χ3v) is 4.54. The van der Waals surface area contributed by atoms with Crippen molar-refractivity contribution in [1.82, 2.24) is 9.55 Å². The standard InChI is InChI=1S/C22H15F4N3O2/c23-21(24)29-17-7-3-2-6-16(17)28-19(29)13-9-11-14(12-10-13)27-20(30)15-5-1-4-8-18(15)31-22(25)26/h1-12,21-22H,(H,27,30). The molecule has 9 heteroatoms. The van der Waals surface area contributed by atoms with Gasteiger partial charge in [0.05, 0.1) is 16.6 Å². The minimum Gasteiger partial charge on any atom is -0.434 e. The first kappa shape index (κ1) is 20.4. The summed E-state index contributed by atoms with van der Waals surface area (Å²) in [4.78, 5) is 16.8. The van der Waals surface area contributed by atoms with Gasteiger partial charge in [0.15, 0.2) is 0 Å². The molecule has 1 heterocycles. The van der Waals surface area contributed by atoms with Crippen molar-refractivity contribution in [3.63, 3.8) is 0 Å². The Bertz CT molecular complexity index is 1220. The number of hydrogen-bond donors (Lipinski definition) is 1. The number of nitrogens with one attached hydrogen (secondary N) is 1. The Morgan fingerprint density at radius 2 is 1.58 bits per heavy atom. The second-order valence-electron chi connectivity index (χ2n) is 6.48. The first-order valence-electron chi connectivity index (χ1n) is 9.15. The van der Waals surface area contributed by atoms with Crippen molar-refractivity contribution in [3.05, 3.63) is 78.4 Å². The average molecular weight is 429 g/mol. The molecule has 0 unspecified atom stereocenters. The maximum atomic E-state index is 13.6. The SMILES string of the molecule is O=C(Nc1ccc(-c2nc3ccccc3n2C(F)F)cc1)c1ccccc1OC(F)F. The van der Waals surface area contributed by atoms with Gasteiger partial charge in [-0.1, -0.05) is 24.3 Å². The molecular formula is C22H15F4N3O2. The van der Waals surface area contributed by atoms with Crippen molar-refractivity contribution in [2.45, 2.75) is 13.2 Å². The lowest BCUT2D eigenvalue weighted by molar-refractivity contribution is -0.0501. The van der Waals surface area contributed by atoms with Crippen LogP contribution in [0.3, 0.4) is 0 Å². The average Bonchev–Trinajstić information content (AvgIpc) is 3.14. The normalized spacial score (nSPS) is 11.3. The lowest BCUT2D eigenvalue weighted by Crippen LogP contribution is -2.15. The first-order valence-corrected chi connectivity index (χ1v) is 9.15. The molecule has 0 aliphatic heterocycles. The van der Waals surface area contributed by atoms with Crippen LogP contribution >= 0.6 is 0 Å². The number of fused-ring (bicyclic) bond motifs is 1. The molecule has 3 aromatic carbocycles. The van der Waals surface area contributed by atoms with Crippen LogP contribution in [0, 0.1) is 0 Å². The van der Waals surface area contributed by atoms with Crippen LogP contribution in [-0.2, 0) is 0 Å². The number of aromatic nitrogens is 2. The predicted molar refractivity (Wildman–Crippen MR) is 107 cm³/mol. The molecule has 0 aliphatic carbocycles. The smallest absolute Gasteiger partial charge is 0.387 e. The fraction of sp³-hybridized carbons (Fsp3) is 0.0909. The number of carbonyl (C=O) groups is 1. The van der Waals surface area contributed by atoms with Crippen LogP contribution in [0.5, 0.6) is 5.75 Å². The second-order valence-corrected chi connectivity index (χ2v) is 6.48. The number of anilines is 1. The van der Waals surface area contributed by atoms with Crippen molar-refractivity contribution < 1.29 is 27.1 Å². The van der Waals surface area contributed by atoms with Crippen LogP contribution in [0.15, 0.2) is 72.8 Å². The number of alkyl halides is 4. The summed E-state index contributed by atoms with van der Waals surface area (Å²) >= 11 is 0. The minimum absolute atomic E-state index is 0.0635. The number of rotatable bonds is 6. The Hall–Kier alpha value is -3.88. The summed E-state index contributed by atoms with van der Waals surface area (Å²) in [5.74, 6) is -0.814. The Balaban J connectivity index is 1.60. The monoisotopic (exact) mass is 429 g/mol. The Labute approximate surface area is 173 Å². The summed E-state index contributed by atoms with van der Waals surface area (Å²) in [6.07, 6.45) is 0. The van der Waals surface area contributed by atoms with Gasteiger partial charge in [0.25, 0.3) is 5.91 Å². The van der Waals surface area contributed by atoms with Crippen LogP contribution < -0.4 is 10.1 Å². The third kappa shape index (κ3) is 4.20. The van der Waals surface area contributed by atoms with Crippen LogP contribution in [-0.4, -0.2) is 22.1 Å². The molecule has 31 heavy (non-hydrogen) atoms. The molecule has 1 N–H and O–H groups in total. The van der Waals surface area contributed by atoms with E-state index in [0.29, 0.717) is 22.3 Å². The first-order chi connectivity index (χ1) is 14.9. The highest BCUT2D eigenvalue weighted by Gasteiger charge is 2.19. The maximum absolute atomic E-state index is 13.6. The van der Waals surface area contributed by atoms with Gasteiger partial charge < -0.3 is 10.1 Å². The molecule has 0 aliphatic rings. The highest BCUT2D eigenvalue weighted by atomic mass is 19.3. The predicted octanol–water partition coefficient (Wildman–Crippen LogP) is 5.95. The Morgan fingerprint density at radius 1 is 0.903 bits per heavy atom. The van der Waals surface area contributed by atoms with Gasteiger partial charge in [-0.05, 0) is 48.5 Å². The summed E-state index contributed by atoms with van der Waals surface area (Å²) in [7, 11) is 0. The van der Waals surface area contributed by atoms with Crippen LogP contribution in [0.2, 0.25) is 0 Å². The van der Waals surface area contributed by atoms with E-state index >= 15 is 0 Å². The molecule has 0 radical (unpaired) electrons. The summed E-state index contributed by atoms with van der Waals surface area (Å²) < 4.78 is 57.6. The zero-order chi connectivity index (χ0) is 22.0. The number of para-hydroxylation sites is 3. The van der Waals surface area contributed by atoms with E-state index in [4.69, 9.17) is 0 Å². The molecule has 1 amide bonds. The van der Waals surface area contributed by atoms with Gasteiger partial charge in [0.1, 0.15) is 11.6 Å². The zero-order valence-corrected chi connectivity index (χ0v) is 15.8. The Kier molecular flexibility index (Phi) is 5.57. The molecule has 4 aromatic rings. The van der Waals surface area contributed by atoms with Gasteiger partial charge in [-0.15, -0.1) is 0 Å². The van der Waals surface area contributed by atoms with E-state index in [-0.39, 0.29) is 17.1 Å². The molecule has 158 valence electrons. The lowest BCUT2D eigenvalue weighted by Gasteiger charge is -2.11. The van der Waals surface area contributed by atoms with Crippen molar-refractivity contribution in [1.29, 1.82) is 0 Å². The van der Waals surface area contributed by atoms with Gasteiger partial charge in [-0.25, -0.2) is 4.98 Å². The number of carbonyl (C=O) groups excluding carboxylic acids is 1. The van der Waals surface area contributed by atoms with Crippen LogP contribution in [0.4, 0.5) is 23.2 Å². The van der Waals surface area contributed by atoms with Crippen molar-refractivity contribution >= 4 is 22.6 Å². The van der Waals surface area contributed by atoms with E-state index in [1.54, 1.807) is 24.3 Å². The van der Waals surface area contributed by atoms with Gasteiger partial charge in [0, 0.05) is 11.3 Å². The number of nitrogens with zero attached hydrogens (tertiary/aromatic N) is 2. The molecule has 0 saturated carbocycles. The quantitative estimate of drug-likeness (QED) is 0.385. The number of hydrogen-bond acceptors (Lipinski definition) is 3. The van der Waals surface area contributed by atoms with E-state index in [2.05, 4.69) is 15.0 Å². The summed E-state index contributed by atoms with van der Waals surface area (Å²) in [6.45, 7) is -5.85. The summed E-state index contributed by atoms with van der Waals surface area (Å²) in [6, 6.07) is 18.3. The Morgan fingerprint density at radius 3 is 2.29 bits per heavy atom. The highest BCUT2D eigenvalue weighted by molar-refractivity contribution is 6.06. The number of amides is 1. The molecule has 4 rings (SSSR count).